The van der Waals surface area contributed by atoms with E-state index in [1.807, 2.05) is 56.3 Å². The monoisotopic (exact) mass is 848 g/mol. The van der Waals surface area contributed by atoms with Crippen molar-refractivity contribution in [1.29, 1.82) is 0 Å². The van der Waals surface area contributed by atoms with Crippen molar-refractivity contribution in [3.8, 4) is 0 Å². The number of ketones is 2. The summed E-state index contributed by atoms with van der Waals surface area (Å²) in [5, 5.41) is 11.5. The second kappa shape index (κ2) is 24.2. The van der Waals surface area contributed by atoms with E-state index in [-0.39, 0.29) is 54.5 Å². The van der Waals surface area contributed by atoms with E-state index < -0.39 is 41.7 Å². The zero-order chi connectivity index (χ0) is 45.3. The summed E-state index contributed by atoms with van der Waals surface area (Å²) in [7, 11) is 0. The van der Waals surface area contributed by atoms with Crippen LogP contribution in [0.1, 0.15) is 119 Å². The number of allylic oxidation sites excluding steroid dienone is 4. The van der Waals surface area contributed by atoms with Gasteiger partial charge >= 0.3 is 12.2 Å². The molecule has 5 amide bonds. The number of benzene rings is 1. The Balaban J connectivity index is 1.61. The Morgan fingerprint density at radius 1 is 0.885 bits per heavy atom. The van der Waals surface area contributed by atoms with E-state index in [9.17, 15) is 33.6 Å². The molecule has 2 aliphatic rings. The molecule has 0 aromatic heterocycles. The highest BCUT2D eigenvalue weighted by Crippen LogP contribution is 2.25. The second-order valence-corrected chi connectivity index (χ2v) is 17.8. The molecular formula is C47H69N5O9. The lowest BCUT2D eigenvalue weighted by Crippen LogP contribution is -2.54. The van der Waals surface area contributed by atoms with Crippen LogP contribution in [0.4, 0.5) is 9.59 Å². The maximum Gasteiger partial charge on any atom is 0.408 e. The van der Waals surface area contributed by atoms with Crippen LogP contribution < -0.4 is 21.3 Å². The Bertz CT molecular complexity index is 1790. The number of carbonyl (C=O) groups excluding carboxylic acids is 7. The van der Waals surface area contributed by atoms with Crippen molar-refractivity contribution >= 4 is 41.5 Å². The van der Waals surface area contributed by atoms with Gasteiger partial charge in [-0.25, -0.2) is 9.59 Å². The molecule has 1 aliphatic heterocycles. The van der Waals surface area contributed by atoms with Gasteiger partial charge in [-0.05, 0) is 124 Å². The van der Waals surface area contributed by atoms with Crippen LogP contribution >= 0.6 is 0 Å². The molecule has 0 spiro atoms. The van der Waals surface area contributed by atoms with Crippen LogP contribution in [0.25, 0.3) is 0 Å². The zero-order valence-electron chi connectivity index (χ0n) is 37.7. The molecular weight excluding hydrogens is 779 g/mol. The van der Waals surface area contributed by atoms with Gasteiger partial charge in [-0.3, -0.25) is 24.0 Å². The first-order valence-electron chi connectivity index (χ1n) is 21.8. The van der Waals surface area contributed by atoms with Crippen molar-refractivity contribution in [3.63, 3.8) is 0 Å². The average Bonchev–Trinajstić information content (AvgIpc) is 3.68. The molecule has 14 nitrogen and oxygen atoms in total. The third-order valence-corrected chi connectivity index (χ3v) is 10.4. The van der Waals surface area contributed by atoms with Crippen LogP contribution in [-0.4, -0.2) is 95.8 Å². The zero-order valence-corrected chi connectivity index (χ0v) is 37.7. The van der Waals surface area contributed by atoms with Crippen molar-refractivity contribution in [2.24, 2.45) is 11.8 Å². The Morgan fingerprint density at radius 2 is 1.59 bits per heavy atom. The van der Waals surface area contributed by atoms with Crippen LogP contribution in [0.3, 0.4) is 0 Å². The summed E-state index contributed by atoms with van der Waals surface area (Å²) >= 11 is 0. The predicted molar refractivity (Wildman–Crippen MR) is 234 cm³/mol. The smallest absolute Gasteiger partial charge is 0.408 e. The van der Waals surface area contributed by atoms with Crippen molar-refractivity contribution in [3.05, 3.63) is 70.8 Å². The highest BCUT2D eigenvalue weighted by molar-refractivity contribution is 6.22. The van der Waals surface area contributed by atoms with Gasteiger partial charge in [0, 0.05) is 35.9 Å². The molecule has 336 valence electrons. The molecule has 4 atom stereocenters. The Labute approximate surface area is 362 Å². The maximum absolute atomic E-state index is 14.4. The molecule has 1 aromatic carbocycles. The molecule has 0 saturated carbocycles. The van der Waals surface area contributed by atoms with Gasteiger partial charge in [0.2, 0.25) is 17.7 Å². The number of nitrogens with zero attached hydrogens (tertiary/aromatic N) is 1. The quantitative estimate of drug-likeness (QED) is 0.0614. The fourth-order valence-electron chi connectivity index (χ4n) is 7.22. The summed E-state index contributed by atoms with van der Waals surface area (Å²) in [6.07, 6.45) is 7.98. The minimum Gasteiger partial charge on any atom is -0.450 e. The maximum atomic E-state index is 14.4. The van der Waals surface area contributed by atoms with E-state index in [0.717, 1.165) is 5.56 Å². The highest BCUT2D eigenvalue weighted by Gasteiger charge is 2.38. The number of unbranched alkanes of at least 4 members (excludes halogenated alkanes) is 1. The molecule has 14 heteroatoms. The lowest BCUT2D eigenvalue weighted by Gasteiger charge is -2.29. The summed E-state index contributed by atoms with van der Waals surface area (Å²) in [6, 6.07) is 7.46. The molecule has 0 bridgehead atoms. The lowest BCUT2D eigenvalue weighted by molar-refractivity contribution is -0.141. The summed E-state index contributed by atoms with van der Waals surface area (Å²) in [5.41, 5.74) is 1.58. The molecule has 1 aromatic rings. The summed E-state index contributed by atoms with van der Waals surface area (Å²) in [5.74, 6) is -1.67. The molecule has 1 fully saturated rings. The average molecular weight is 848 g/mol. The van der Waals surface area contributed by atoms with Gasteiger partial charge in [0.25, 0.3) is 0 Å². The second-order valence-electron chi connectivity index (χ2n) is 17.8. The van der Waals surface area contributed by atoms with E-state index in [1.54, 1.807) is 39.5 Å². The first-order chi connectivity index (χ1) is 28.7. The van der Waals surface area contributed by atoms with Crippen LogP contribution in [0.2, 0.25) is 0 Å². The fraction of sp³-hybridized carbons (Fsp3) is 0.596. The number of ether oxygens (including phenoxy) is 2. The molecule has 0 unspecified atom stereocenters. The third kappa shape index (κ3) is 17.3. The van der Waals surface area contributed by atoms with Crippen LogP contribution in [0, 0.1) is 11.8 Å². The topological polar surface area (TPSA) is 189 Å². The minimum absolute atomic E-state index is 0.0732. The summed E-state index contributed by atoms with van der Waals surface area (Å²) in [4.78, 5) is 92.9. The first kappa shape index (κ1) is 50.1. The summed E-state index contributed by atoms with van der Waals surface area (Å²) in [6.45, 7) is 17.2. The van der Waals surface area contributed by atoms with E-state index in [0.29, 0.717) is 81.1 Å². The fourth-order valence-corrected chi connectivity index (χ4v) is 7.22. The van der Waals surface area contributed by atoms with Crippen LogP contribution in [-0.2, 0) is 39.9 Å². The number of likely N-dealkylation sites (tertiary alicyclic amines) is 1. The van der Waals surface area contributed by atoms with Crippen molar-refractivity contribution in [2.75, 3.05) is 19.7 Å². The number of carbonyl (C=O) groups is 7. The van der Waals surface area contributed by atoms with Gasteiger partial charge in [-0.2, -0.15) is 0 Å². The standard InChI is InChI=1S/C47H69N5O9/c1-30(2)27-37(50-46(59)61-47(7,8)9)23-22-36(28-34-17-11-10-12-18-34)44(57)52-25-15-21-39(52)43(56)51-38(42(55)49-31(3)4)20-13-14-24-48-45(58)60-26-16-19-35-29-40(53)32(5)33(6)41(35)54/h10-12,17-18,22-23,29-31,36-39H,13-16,19-21,24-28H2,1-9H3,(H,48,58)(H,49,55)(H,50,59)(H,51,56)/b23-22+/t36-,37-,38+,39+/m1/s1. The molecule has 0 radical (unpaired) electrons. The van der Waals surface area contributed by atoms with Gasteiger partial charge in [-0.15, -0.1) is 0 Å². The Hall–Kier alpha value is -5.27. The van der Waals surface area contributed by atoms with E-state index in [1.165, 1.54) is 6.08 Å². The number of hydrogen-bond acceptors (Lipinski definition) is 9. The molecule has 1 heterocycles. The Morgan fingerprint density at radius 3 is 2.25 bits per heavy atom. The molecule has 4 N–H and O–H groups in total. The number of nitrogens with one attached hydrogen (secondary N) is 4. The number of amides is 5. The minimum atomic E-state index is -0.860. The predicted octanol–water partition coefficient (Wildman–Crippen LogP) is 6.43. The van der Waals surface area contributed by atoms with Crippen LogP contribution in [0.15, 0.2) is 65.3 Å². The largest absolute Gasteiger partial charge is 0.450 e. The normalized spacial score (nSPS) is 17.3. The first-order valence-corrected chi connectivity index (χ1v) is 21.8. The SMILES string of the molecule is CC1=C(C)C(=O)C(CCCOC(=O)NCCCC[C@H](NC(=O)[C@@H]2CCCN2C(=O)[C@H](/C=C/[C@H](CC(C)C)NC(=O)OC(C)(C)C)Cc2ccccc2)C(=O)NC(C)C)=CC1=O. The number of Topliss-reactive ketones (excluding diaryl/α,β-unsaturated/α-hetero) is 1. The molecule has 3 rings (SSSR count). The van der Waals surface area contributed by atoms with E-state index in [4.69, 9.17) is 9.47 Å². The number of rotatable bonds is 21. The highest BCUT2D eigenvalue weighted by atomic mass is 16.6. The van der Waals surface area contributed by atoms with Gasteiger partial charge in [0.15, 0.2) is 11.6 Å². The number of alkyl carbamates (subject to hydrolysis) is 2. The molecule has 1 saturated heterocycles. The van der Waals surface area contributed by atoms with E-state index >= 15 is 0 Å². The van der Waals surface area contributed by atoms with Gasteiger partial charge < -0.3 is 35.6 Å². The van der Waals surface area contributed by atoms with E-state index in [2.05, 4.69) is 35.1 Å². The molecule has 1 aliphatic carbocycles. The van der Waals surface area contributed by atoms with Crippen molar-refractivity contribution in [2.45, 2.75) is 150 Å². The van der Waals surface area contributed by atoms with Crippen molar-refractivity contribution < 1.29 is 43.0 Å². The van der Waals surface area contributed by atoms with Crippen LogP contribution in [0.5, 0.6) is 0 Å². The molecule has 61 heavy (non-hydrogen) atoms. The van der Waals surface area contributed by atoms with Gasteiger partial charge in [-0.1, -0.05) is 56.3 Å². The summed E-state index contributed by atoms with van der Waals surface area (Å²) < 4.78 is 10.8. The van der Waals surface area contributed by atoms with Gasteiger partial charge in [0.1, 0.15) is 17.7 Å². The Kier molecular flexibility index (Phi) is 19.9. The lowest BCUT2D eigenvalue weighted by atomic mass is 9.89. The van der Waals surface area contributed by atoms with Gasteiger partial charge in [0.05, 0.1) is 18.6 Å². The third-order valence-electron chi connectivity index (χ3n) is 10.4. The van der Waals surface area contributed by atoms with Crippen molar-refractivity contribution in [1.82, 2.24) is 26.2 Å². The number of hydrogen-bond donors (Lipinski definition) is 4.